The van der Waals surface area contributed by atoms with Gasteiger partial charge in [0.1, 0.15) is 11.1 Å². The lowest BCUT2D eigenvalue weighted by Crippen LogP contribution is -2.52. The van der Waals surface area contributed by atoms with Gasteiger partial charge in [-0.2, -0.15) is 5.10 Å². The largest absolute Gasteiger partial charge is 0.349 e. The molecule has 1 saturated carbocycles. The third-order valence-electron chi connectivity index (χ3n) is 5.95. The first-order valence-corrected chi connectivity index (χ1v) is 10.4. The minimum absolute atomic E-state index is 0.115. The number of anilines is 1. The van der Waals surface area contributed by atoms with Crippen molar-refractivity contribution in [3.63, 3.8) is 0 Å². The molecule has 0 bridgehead atoms. The summed E-state index contributed by atoms with van der Waals surface area (Å²) in [6.45, 7) is 0. The lowest BCUT2D eigenvalue weighted by Gasteiger charge is -2.35. The van der Waals surface area contributed by atoms with Gasteiger partial charge in [-0.1, -0.05) is 23.7 Å². The van der Waals surface area contributed by atoms with Gasteiger partial charge in [0.2, 0.25) is 0 Å². The van der Waals surface area contributed by atoms with Crippen molar-refractivity contribution in [3.8, 4) is 0 Å². The Labute approximate surface area is 182 Å². The van der Waals surface area contributed by atoms with E-state index in [-0.39, 0.29) is 17.9 Å². The van der Waals surface area contributed by atoms with Gasteiger partial charge in [-0.25, -0.2) is 19.2 Å². The Morgan fingerprint density at radius 3 is 2.74 bits per heavy atom. The molecule has 31 heavy (non-hydrogen) atoms. The summed E-state index contributed by atoms with van der Waals surface area (Å²) in [6, 6.07) is 7.91. The second-order valence-corrected chi connectivity index (χ2v) is 8.21. The molecule has 2 aliphatic rings. The fourth-order valence-corrected chi connectivity index (χ4v) is 4.54. The normalized spacial score (nSPS) is 23.4. The van der Waals surface area contributed by atoms with E-state index in [0.717, 1.165) is 4.90 Å². The first-order valence-electron chi connectivity index (χ1n) is 9.99. The number of hydrogen-bond acceptors (Lipinski definition) is 5. The number of amides is 4. The van der Waals surface area contributed by atoms with Crippen molar-refractivity contribution in [2.75, 3.05) is 4.90 Å². The van der Waals surface area contributed by atoms with Crippen LogP contribution in [-0.2, 0) is 4.79 Å². The van der Waals surface area contributed by atoms with E-state index in [9.17, 15) is 14.4 Å². The Morgan fingerprint density at radius 2 is 1.97 bits per heavy atom. The highest BCUT2D eigenvalue weighted by molar-refractivity contribution is 6.36. The van der Waals surface area contributed by atoms with E-state index in [0.29, 0.717) is 47.6 Å². The second kappa shape index (κ2) is 7.35. The third-order valence-corrected chi connectivity index (χ3v) is 6.27. The average Bonchev–Trinajstić information content (AvgIpc) is 3.30. The molecule has 2 fully saturated rings. The fraction of sp³-hybridized carbons (Fsp3) is 0.286. The highest BCUT2D eigenvalue weighted by atomic mass is 35.5. The van der Waals surface area contributed by atoms with Crippen molar-refractivity contribution in [1.29, 1.82) is 0 Å². The number of imide groups is 1. The van der Waals surface area contributed by atoms with E-state index in [1.165, 1.54) is 6.20 Å². The maximum Gasteiger partial charge on any atom is 0.329 e. The SMILES string of the molecule is O=C(N[C@H]1CC[C@]2(CC1)NC(=O)N(c1ccccc1Cl)C2=O)c1cnn2cccnc12. The number of carbonyl (C=O) groups is 3. The van der Waals surface area contributed by atoms with Gasteiger partial charge < -0.3 is 10.6 Å². The van der Waals surface area contributed by atoms with E-state index in [1.807, 2.05) is 0 Å². The number of hydrogen-bond donors (Lipinski definition) is 2. The number of halogens is 1. The van der Waals surface area contributed by atoms with E-state index < -0.39 is 11.6 Å². The highest BCUT2D eigenvalue weighted by Crippen LogP contribution is 2.38. The quantitative estimate of drug-likeness (QED) is 0.611. The smallest absolute Gasteiger partial charge is 0.329 e. The van der Waals surface area contributed by atoms with Crippen LogP contribution < -0.4 is 15.5 Å². The van der Waals surface area contributed by atoms with Crippen molar-refractivity contribution >= 4 is 40.8 Å². The summed E-state index contributed by atoms with van der Waals surface area (Å²) in [5, 5.41) is 10.3. The van der Waals surface area contributed by atoms with Crippen LogP contribution in [0.1, 0.15) is 36.0 Å². The van der Waals surface area contributed by atoms with E-state index in [2.05, 4.69) is 20.7 Å². The van der Waals surface area contributed by atoms with Gasteiger partial charge in [-0.05, 0) is 43.9 Å². The molecular weight excluding hydrogens is 420 g/mol. The van der Waals surface area contributed by atoms with Crippen LogP contribution in [0.25, 0.3) is 5.65 Å². The summed E-state index contributed by atoms with van der Waals surface area (Å²) in [7, 11) is 0. The van der Waals surface area contributed by atoms with Crippen molar-refractivity contribution in [2.45, 2.75) is 37.3 Å². The van der Waals surface area contributed by atoms with E-state index in [1.54, 1.807) is 47.2 Å². The van der Waals surface area contributed by atoms with Crippen LogP contribution in [0, 0.1) is 0 Å². The Bertz CT molecular complexity index is 1200. The lowest BCUT2D eigenvalue weighted by atomic mass is 9.79. The molecule has 10 heteroatoms. The van der Waals surface area contributed by atoms with Crippen LogP contribution in [-0.4, -0.2) is 44.0 Å². The predicted octanol–water partition coefficient (Wildman–Crippen LogP) is 2.55. The minimum atomic E-state index is -0.969. The number of para-hydroxylation sites is 1. The molecule has 0 atom stereocenters. The highest BCUT2D eigenvalue weighted by Gasteiger charge is 2.53. The Kier molecular flexibility index (Phi) is 4.62. The van der Waals surface area contributed by atoms with Crippen LogP contribution in [0.3, 0.4) is 0 Å². The Hall–Kier alpha value is -3.46. The monoisotopic (exact) mass is 438 g/mol. The number of nitrogens with zero attached hydrogens (tertiary/aromatic N) is 4. The standard InChI is InChI=1S/C21H19ClN6O3/c22-15-4-1-2-5-16(15)28-19(30)21(26-20(28)31)8-6-13(7-9-21)25-18(29)14-12-24-27-11-3-10-23-17(14)27/h1-5,10-13H,6-9H2,(H,25,29)(H,26,31)/t13-,21+. The molecular formula is C21H19ClN6O3. The summed E-state index contributed by atoms with van der Waals surface area (Å²) in [6.07, 6.45) is 6.79. The van der Waals surface area contributed by atoms with Crippen molar-refractivity contribution in [2.24, 2.45) is 0 Å². The van der Waals surface area contributed by atoms with Gasteiger partial charge in [0.15, 0.2) is 5.65 Å². The predicted molar refractivity (Wildman–Crippen MR) is 113 cm³/mol. The summed E-state index contributed by atoms with van der Waals surface area (Å²) in [5.41, 5.74) is 0.292. The summed E-state index contributed by atoms with van der Waals surface area (Å²) < 4.78 is 1.54. The fourth-order valence-electron chi connectivity index (χ4n) is 4.32. The Balaban J connectivity index is 1.28. The number of benzene rings is 1. The molecule has 1 aliphatic carbocycles. The second-order valence-electron chi connectivity index (χ2n) is 7.80. The number of fused-ring (bicyclic) bond motifs is 1. The van der Waals surface area contributed by atoms with Gasteiger partial charge in [-0.3, -0.25) is 9.59 Å². The van der Waals surface area contributed by atoms with Gasteiger partial charge in [-0.15, -0.1) is 0 Å². The average molecular weight is 439 g/mol. The van der Waals surface area contributed by atoms with E-state index in [4.69, 9.17) is 11.6 Å². The first-order chi connectivity index (χ1) is 15.0. The summed E-state index contributed by atoms with van der Waals surface area (Å²) in [5.74, 6) is -0.559. The third kappa shape index (κ3) is 3.21. The Morgan fingerprint density at radius 1 is 1.19 bits per heavy atom. The van der Waals surface area contributed by atoms with Crippen molar-refractivity contribution in [1.82, 2.24) is 25.2 Å². The molecule has 1 aromatic carbocycles. The molecule has 158 valence electrons. The zero-order valence-corrected chi connectivity index (χ0v) is 17.2. The number of aromatic nitrogens is 3. The molecule has 4 amide bonds. The first kappa shape index (κ1) is 19.5. The maximum absolute atomic E-state index is 13.2. The van der Waals surface area contributed by atoms with Crippen LogP contribution in [0.2, 0.25) is 5.02 Å². The molecule has 3 aromatic rings. The van der Waals surface area contributed by atoms with Gasteiger partial charge >= 0.3 is 6.03 Å². The molecule has 3 heterocycles. The van der Waals surface area contributed by atoms with Crippen molar-refractivity contribution < 1.29 is 14.4 Å². The molecule has 2 aromatic heterocycles. The van der Waals surface area contributed by atoms with Gasteiger partial charge in [0.05, 0.1) is 16.9 Å². The zero-order valence-electron chi connectivity index (χ0n) is 16.4. The molecule has 5 rings (SSSR count). The summed E-state index contributed by atoms with van der Waals surface area (Å²) in [4.78, 5) is 43.8. The van der Waals surface area contributed by atoms with Gasteiger partial charge in [0, 0.05) is 18.4 Å². The maximum atomic E-state index is 13.2. The number of rotatable bonds is 3. The molecule has 9 nitrogen and oxygen atoms in total. The molecule has 0 unspecified atom stereocenters. The molecule has 0 radical (unpaired) electrons. The minimum Gasteiger partial charge on any atom is -0.349 e. The van der Waals surface area contributed by atoms with Crippen LogP contribution in [0.5, 0.6) is 0 Å². The van der Waals surface area contributed by atoms with Crippen LogP contribution in [0.15, 0.2) is 48.9 Å². The molecule has 1 spiro atoms. The van der Waals surface area contributed by atoms with E-state index >= 15 is 0 Å². The van der Waals surface area contributed by atoms with Gasteiger partial charge in [0.25, 0.3) is 11.8 Å². The summed E-state index contributed by atoms with van der Waals surface area (Å²) >= 11 is 6.20. The zero-order chi connectivity index (χ0) is 21.6. The number of urea groups is 1. The topological polar surface area (TPSA) is 109 Å². The number of nitrogens with one attached hydrogen (secondary N) is 2. The molecule has 1 saturated heterocycles. The molecule has 1 aliphatic heterocycles. The van der Waals surface area contributed by atoms with Crippen molar-refractivity contribution in [3.05, 3.63) is 59.5 Å². The van der Waals surface area contributed by atoms with Crippen LogP contribution >= 0.6 is 11.6 Å². The lowest BCUT2D eigenvalue weighted by molar-refractivity contribution is -0.123. The number of carbonyl (C=O) groups excluding carboxylic acids is 3. The molecule has 2 N–H and O–H groups in total. The van der Waals surface area contributed by atoms with Crippen LogP contribution in [0.4, 0.5) is 10.5 Å².